The second kappa shape index (κ2) is 3.32. The molecule has 0 fully saturated rings. The van der Waals surface area contributed by atoms with E-state index in [1.54, 1.807) is 17.8 Å². The van der Waals surface area contributed by atoms with E-state index in [4.69, 9.17) is 0 Å². The van der Waals surface area contributed by atoms with Crippen molar-refractivity contribution in [1.82, 2.24) is 9.78 Å². The fourth-order valence-corrected chi connectivity index (χ4v) is 0.951. The maximum atomic E-state index is 10.6. The third-order valence-electron chi connectivity index (χ3n) is 1.66. The SMILES string of the molecule is CC(=O)CCc1ccnn1C. The number of hydrogen-bond acceptors (Lipinski definition) is 2. The van der Waals surface area contributed by atoms with Gasteiger partial charge in [-0.15, -0.1) is 0 Å². The minimum atomic E-state index is 0.228. The van der Waals surface area contributed by atoms with Gasteiger partial charge in [0.2, 0.25) is 0 Å². The van der Waals surface area contributed by atoms with Crippen LogP contribution in [0.25, 0.3) is 0 Å². The van der Waals surface area contributed by atoms with Crippen molar-refractivity contribution >= 4 is 5.78 Å². The first-order chi connectivity index (χ1) is 5.20. The van der Waals surface area contributed by atoms with Crippen LogP contribution in [0.2, 0.25) is 0 Å². The summed E-state index contributed by atoms with van der Waals surface area (Å²) in [5.74, 6) is 0.228. The van der Waals surface area contributed by atoms with Gasteiger partial charge in [-0.2, -0.15) is 5.10 Å². The summed E-state index contributed by atoms with van der Waals surface area (Å²) in [6, 6.07) is 1.93. The summed E-state index contributed by atoms with van der Waals surface area (Å²) in [4.78, 5) is 10.6. The minimum absolute atomic E-state index is 0.228. The Morgan fingerprint density at radius 3 is 2.91 bits per heavy atom. The van der Waals surface area contributed by atoms with Gasteiger partial charge in [0, 0.05) is 25.4 Å². The second-order valence-corrected chi connectivity index (χ2v) is 2.65. The predicted molar refractivity (Wildman–Crippen MR) is 42.2 cm³/mol. The first-order valence-electron chi connectivity index (χ1n) is 3.66. The lowest BCUT2D eigenvalue weighted by Gasteiger charge is -1.97. The molecular formula is C8H12N2O. The first kappa shape index (κ1) is 7.98. The van der Waals surface area contributed by atoms with Gasteiger partial charge >= 0.3 is 0 Å². The molecule has 0 spiro atoms. The van der Waals surface area contributed by atoms with E-state index < -0.39 is 0 Å². The van der Waals surface area contributed by atoms with Gasteiger partial charge in [0.15, 0.2) is 0 Å². The van der Waals surface area contributed by atoms with Crippen LogP contribution in [-0.2, 0) is 18.3 Å². The smallest absolute Gasteiger partial charge is 0.130 e. The van der Waals surface area contributed by atoms with Crippen LogP contribution in [-0.4, -0.2) is 15.6 Å². The standard InChI is InChI=1S/C8H12N2O/c1-7(11)3-4-8-5-6-9-10(8)2/h5-6H,3-4H2,1-2H3. The van der Waals surface area contributed by atoms with E-state index in [0.717, 1.165) is 12.1 Å². The Kier molecular flexibility index (Phi) is 2.41. The van der Waals surface area contributed by atoms with E-state index in [0.29, 0.717) is 6.42 Å². The Hall–Kier alpha value is -1.12. The zero-order chi connectivity index (χ0) is 8.27. The van der Waals surface area contributed by atoms with Crippen LogP contribution < -0.4 is 0 Å². The highest BCUT2D eigenvalue weighted by molar-refractivity contribution is 5.75. The molecule has 0 atom stereocenters. The van der Waals surface area contributed by atoms with Gasteiger partial charge < -0.3 is 4.79 Å². The lowest BCUT2D eigenvalue weighted by atomic mass is 10.2. The van der Waals surface area contributed by atoms with Crippen LogP contribution >= 0.6 is 0 Å². The number of carbonyl (C=O) groups is 1. The van der Waals surface area contributed by atoms with Crippen molar-refractivity contribution in [2.45, 2.75) is 19.8 Å². The van der Waals surface area contributed by atoms with E-state index in [1.165, 1.54) is 0 Å². The summed E-state index contributed by atoms with van der Waals surface area (Å²) in [6.07, 6.45) is 3.15. The van der Waals surface area contributed by atoms with Gasteiger partial charge in [-0.3, -0.25) is 4.68 Å². The molecule has 0 aliphatic carbocycles. The van der Waals surface area contributed by atoms with Crippen molar-refractivity contribution in [1.29, 1.82) is 0 Å². The molecule has 0 unspecified atom stereocenters. The monoisotopic (exact) mass is 152 g/mol. The molecular weight excluding hydrogens is 140 g/mol. The average Bonchev–Trinajstić information content (AvgIpc) is 2.31. The van der Waals surface area contributed by atoms with Gasteiger partial charge in [-0.05, 0) is 19.4 Å². The molecule has 3 heteroatoms. The Morgan fingerprint density at radius 1 is 1.73 bits per heavy atom. The quantitative estimate of drug-likeness (QED) is 0.646. The second-order valence-electron chi connectivity index (χ2n) is 2.65. The molecule has 0 amide bonds. The molecule has 11 heavy (non-hydrogen) atoms. The largest absolute Gasteiger partial charge is 0.300 e. The van der Waals surface area contributed by atoms with Gasteiger partial charge in [0.05, 0.1) is 0 Å². The van der Waals surface area contributed by atoms with Crippen molar-refractivity contribution in [2.24, 2.45) is 7.05 Å². The summed E-state index contributed by atoms with van der Waals surface area (Å²) in [7, 11) is 1.88. The Labute approximate surface area is 66.0 Å². The Morgan fingerprint density at radius 2 is 2.45 bits per heavy atom. The molecule has 0 bridgehead atoms. The van der Waals surface area contributed by atoms with Crippen molar-refractivity contribution in [3.8, 4) is 0 Å². The predicted octanol–water partition coefficient (Wildman–Crippen LogP) is 0.942. The van der Waals surface area contributed by atoms with Crippen molar-refractivity contribution in [2.75, 3.05) is 0 Å². The summed E-state index contributed by atoms with van der Waals surface area (Å²) < 4.78 is 1.79. The van der Waals surface area contributed by atoms with E-state index >= 15 is 0 Å². The fraction of sp³-hybridized carbons (Fsp3) is 0.500. The average molecular weight is 152 g/mol. The highest BCUT2D eigenvalue weighted by Gasteiger charge is 1.99. The molecule has 0 radical (unpaired) electrons. The van der Waals surface area contributed by atoms with Crippen molar-refractivity contribution < 1.29 is 4.79 Å². The molecule has 0 saturated carbocycles. The van der Waals surface area contributed by atoms with E-state index in [-0.39, 0.29) is 5.78 Å². The van der Waals surface area contributed by atoms with E-state index in [1.807, 2.05) is 13.1 Å². The third kappa shape index (κ3) is 2.18. The number of rotatable bonds is 3. The highest BCUT2D eigenvalue weighted by Crippen LogP contribution is 2.00. The normalized spacial score (nSPS) is 10.0. The third-order valence-corrected chi connectivity index (χ3v) is 1.66. The molecule has 0 saturated heterocycles. The van der Waals surface area contributed by atoms with Crippen LogP contribution in [0.3, 0.4) is 0 Å². The van der Waals surface area contributed by atoms with Crippen LogP contribution in [0.5, 0.6) is 0 Å². The summed E-state index contributed by atoms with van der Waals surface area (Å²) in [5.41, 5.74) is 1.11. The van der Waals surface area contributed by atoms with Crippen molar-refractivity contribution in [3.63, 3.8) is 0 Å². The summed E-state index contributed by atoms with van der Waals surface area (Å²) in [5, 5.41) is 4.00. The molecule has 1 heterocycles. The van der Waals surface area contributed by atoms with Gasteiger partial charge in [-0.1, -0.05) is 0 Å². The molecule has 1 rings (SSSR count). The Balaban J connectivity index is 2.51. The number of aryl methyl sites for hydroxylation is 2. The summed E-state index contributed by atoms with van der Waals surface area (Å²) >= 11 is 0. The van der Waals surface area contributed by atoms with Crippen LogP contribution in [0.4, 0.5) is 0 Å². The van der Waals surface area contributed by atoms with Crippen LogP contribution in [0.1, 0.15) is 19.0 Å². The lowest BCUT2D eigenvalue weighted by Crippen LogP contribution is -2.00. The molecule has 60 valence electrons. The molecule has 0 aliphatic rings. The zero-order valence-electron chi connectivity index (χ0n) is 6.87. The zero-order valence-corrected chi connectivity index (χ0v) is 6.87. The van der Waals surface area contributed by atoms with E-state index in [9.17, 15) is 4.79 Å². The molecule has 1 aromatic rings. The maximum Gasteiger partial charge on any atom is 0.130 e. The number of carbonyl (C=O) groups excluding carboxylic acids is 1. The van der Waals surface area contributed by atoms with Crippen molar-refractivity contribution in [3.05, 3.63) is 18.0 Å². The highest BCUT2D eigenvalue weighted by atomic mass is 16.1. The summed E-state index contributed by atoms with van der Waals surface area (Å²) in [6.45, 7) is 1.61. The fourth-order valence-electron chi connectivity index (χ4n) is 0.951. The number of hydrogen-bond donors (Lipinski definition) is 0. The molecule has 3 nitrogen and oxygen atoms in total. The van der Waals surface area contributed by atoms with E-state index in [2.05, 4.69) is 5.10 Å². The van der Waals surface area contributed by atoms with Crippen LogP contribution in [0.15, 0.2) is 12.3 Å². The number of nitrogens with zero attached hydrogens (tertiary/aromatic N) is 2. The molecule has 0 aromatic carbocycles. The number of aromatic nitrogens is 2. The minimum Gasteiger partial charge on any atom is -0.300 e. The Bertz CT molecular complexity index is 252. The first-order valence-corrected chi connectivity index (χ1v) is 3.66. The van der Waals surface area contributed by atoms with Gasteiger partial charge in [0.1, 0.15) is 5.78 Å². The molecule has 0 N–H and O–H groups in total. The number of ketones is 1. The number of Topliss-reactive ketones (excluding diaryl/α,β-unsaturated/α-hetero) is 1. The van der Waals surface area contributed by atoms with Crippen LogP contribution in [0, 0.1) is 0 Å². The topological polar surface area (TPSA) is 34.9 Å². The van der Waals surface area contributed by atoms with Gasteiger partial charge in [-0.25, -0.2) is 0 Å². The van der Waals surface area contributed by atoms with Gasteiger partial charge in [0.25, 0.3) is 0 Å². The molecule has 0 aliphatic heterocycles. The maximum absolute atomic E-state index is 10.6. The molecule has 1 aromatic heterocycles. The lowest BCUT2D eigenvalue weighted by molar-refractivity contribution is -0.117.